The van der Waals surface area contributed by atoms with Crippen molar-refractivity contribution in [2.24, 2.45) is 0 Å². The SMILES string of the molecule is Cc1nc2ccccc2c(=O)n1CC(=O)Nc1ccc(OC(F)F)cc1. The van der Waals surface area contributed by atoms with Gasteiger partial charge in [0.15, 0.2) is 0 Å². The molecule has 0 saturated heterocycles. The van der Waals surface area contributed by atoms with Crippen molar-refractivity contribution in [3.05, 3.63) is 64.7 Å². The van der Waals surface area contributed by atoms with Crippen molar-refractivity contribution in [2.75, 3.05) is 5.32 Å². The number of ether oxygens (including phenoxy) is 1. The van der Waals surface area contributed by atoms with Crippen molar-refractivity contribution in [3.63, 3.8) is 0 Å². The number of amides is 1. The Morgan fingerprint density at radius 3 is 2.58 bits per heavy atom. The van der Waals surface area contributed by atoms with Gasteiger partial charge < -0.3 is 10.1 Å². The van der Waals surface area contributed by atoms with Crippen LogP contribution in [0.2, 0.25) is 0 Å². The van der Waals surface area contributed by atoms with Gasteiger partial charge >= 0.3 is 6.61 Å². The molecule has 0 aliphatic carbocycles. The van der Waals surface area contributed by atoms with E-state index in [-0.39, 0.29) is 17.9 Å². The lowest BCUT2D eigenvalue weighted by molar-refractivity contribution is -0.116. The average Bonchev–Trinajstić information content (AvgIpc) is 2.60. The van der Waals surface area contributed by atoms with Crippen molar-refractivity contribution in [3.8, 4) is 5.75 Å². The Balaban J connectivity index is 1.76. The van der Waals surface area contributed by atoms with Gasteiger partial charge in [-0.1, -0.05) is 12.1 Å². The van der Waals surface area contributed by atoms with Gasteiger partial charge in [0.2, 0.25) is 5.91 Å². The summed E-state index contributed by atoms with van der Waals surface area (Å²) >= 11 is 0. The molecule has 26 heavy (non-hydrogen) atoms. The molecule has 1 amide bonds. The fraction of sp³-hybridized carbons (Fsp3) is 0.167. The maximum absolute atomic E-state index is 12.5. The zero-order valence-corrected chi connectivity index (χ0v) is 13.8. The summed E-state index contributed by atoms with van der Waals surface area (Å²) < 4.78 is 29.8. The van der Waals surface area contributed by atoms with Gasteiger partial charge in [0.05, 0.1) is 10.9 Å². The third-order valence-corrected chi connectivity index (χ3v) is 3.72. The first-order chi connectivity index (χ1) is 12.4. The van der Waals surface area contributed by atoms with E-state index in [9.17, 15) is 18.4 Å². The third kappa shape index (κ3) is 3.85. The lowest BCUT2D eigenvalue weighted by Gasteiger charge is -2.11. The van der Waals surface area contributed by atoms with Crippen molar-refractivity contribution in [1.29, 1.82) is 0 Å². The number of aromatic nitrogens is 2. The van der Waals surface area contributed by atoms with Crippen LogP contribution >= 0.6 is 0 Å². The number of halogens is 2. The van der Waals surface area contributed by atoms with Gasteiger partial charge in [-0.2, -0.15) is 8.78 Å². The van der Waals surface area contributed by atoms with E-state index < -0.39 is 12.5 Å². The van der Waals surface area contributed by atoms with E-state index in [0.717, 1.165) is 0 Å². The topological polar surface area (TPSA) is 73.2 Å². The van der Waals surface area contributed by atoms with Crippen LogP contribution in [0.25, 0.3) is 10.9 Å². The van der Waals surface area contributed by atoms with Crippen LogP contribution in [0.15, 0.2) is 53.3 Å². The number of fused-ring (bicyclic) bond motifs is 1. The molecule has 8 heteroatoms. The summed E-state index contributed by atoms with van der Waals surface area (Å²) in [6.45, 7) is -1.47. The predicted octanol–water partition coefficient (Wildman–Crippen LogP) is 2.95. The maximum atomic E-state index is 12.5. The quantitative estimate of drug-likeness (QED) is 0.760. The highest BCUT2D eigenvalue weighted by molar-refractivity contribution is 5.90. The number of anilines is 1. The molecular formula is C18H15F2N3O3. The Morgan fingerprint density at radius 1 is 1.19 bits per heavy atom. The lowest BCUT2D eigenvalue weighted by Crippen LogP contribution is -2.30. The van der Waals surface area contributed by atoms with Crippen LogP contribution in [-0.2, 0) is 11.3 Å². The molecule has 134 valence electrons. The zero-order chi connectivity index (χ0) is 18.7. The Bertz CT molecular complexity index is 1000. The Morgan fingerprint density at radius 2 is 1.88 bits per heavy atom. The van der Waals surface area contributed by atoms with Crippen molar-refractivity contribution < 1.29 is 18.3 Å². The minimum atomic E-state index is -2.91. The highest BCUT2D eigenvalue weighted by Crippen LogP contribution is 2.17. The number of rotatable bonds is 5. The number of carbonyl (C=O) groups is 1. The molecule has 0 saturated carbocycles. The van der Waals surface area contributed by atoms with Gasteiger partial charge in [0.25, 0.3) is 5.56 Å². The smallest absolute Gasteiger partial charge is 0.387 e. The van der Waals surface area contributed by atoms with Gasteiger partial charge in [-0.3, -0.25) is 14.2 Å². The van der Waals surface area contributed by atoms with E-state index in [2.05, 4.69) is 15.0 Å². The molecule has 1 heterocycles. The van der Waals surface area contributed by atoms with Crippen LogP contribution < -0.4 is 15.6 Å². The second-order valence-corrected chi connectivity index (χ2v) is 5.52. The van der Waals surface area contributed by atoms with E-state index in [1.165, 1.54) is 28.8 Å². The maximum Gasteiger partial charge on any atom is 0.387 e. The molecule has 1 N–H and O–H groups in total. The summed E-state index contributed by atoms with van der Waals surface area (Å²) in [5, 5.41) is 3.03. The second-order valence-electron chi connectivity index (χ2n) is 5.52. The molecule has 0 atom stereocenters. The molecule has 3 aromatic rings. The number of benzene rings is 2. The van der Waals surface area contributed by atoms with Crippen molar-refractivity contribution in [1.82, 2.24) is 9.55 Å². The number of nitrogens with zero attached hydrogens (tertiary/aromatic N) is 2. The van der Waals surface area contributed by atoms with Gasteiger partial charge in [0, 0.05) is 5.69 Å². The number of carbonyl (C=O) groups excluding carboxylic acids is 1. The highest BCUT2D eigenvalue weighted by Gasteiger charge is 2.12. The van der Waals surface area contributed by atoms with Gasteiger partial charge in [-0.05, 0) is 43.3 Å². The van der Waals surface area contributed by atoms with Crippen molar-refractivity contribution in [2.45, 2.75) is 20.1 Å². The van der Waals surface area contributed by atoms with Crippen LogP contribution in [0.5, 0.6) is 5.75 Å². The Labute approximate surface area is 147 Å². The average molecular weight is 359 g/mol. The molecule has 2 aromatic carbocycles. The van der Waals surface area contributed by atoms with Crippen LogP contribution in [0.3, 0.4) is 0 Å². The largest absolute Gasteiger partial charge is 0.435 e. The minimum absolute atomic E-state index is 0.0104. The first-order valence-corrected chi connectivity index (χ1v) is 7.75. The summed E-state index contributed by atoms with van der Waals surface area (Å²) in [5.41, 5.74) is 0.668. The fourth-order valence-corrected chi connectivity index (χ4v) is 2.53. The first kappa shape index (κ1) is 17.5. The summed E-state index contributed by atoms with van der Waals surface area (Å²) in [6.07, 6.45) is 0. The molecule has 0 fully saturated rings. The van der Waals surface area contributed by atoms with E-state index >= 15 is 0 Å². The predicted molar refractivity (Wildman–Crippen MR) is 92.4 cm³/mol. The molecule has 0 radical (unpaired) electrons. The van der Waals surface area contributed by atoms with Gasteiger partial charge in [-0.25, -0.2) is 4.98 Å². The van der Waals surface area contributed by atoms with E-state index in [1.54, 1.807) is 31.2 Å². The number of nitrogens with one attached hydrogen (secondary N) is 1. The highest BCUT2D eigenvalue weighted by atomic mass is 19.3. The summed E-state index contributed by atoms with van der Waals surface area (Å²) in [4.78, 5) is 29.1. The molecule has 0 spiro atoms. The molecule has 0 bridgehead atoms. The number of alkyl halides is 2. The Hall–Kier alpha value is -3.29. The standard InChI is InChI=1S/C18H15F2N3O3/c1-11-21-15-5-3-2-4-14(15)17(25)23(11)10-16(24)22-12-6-8-13(9-7-12)26-18(19)20/h2-9,18H,10H2,1H3,(H,22,24). The normalized spacial score (nSPS) is 10.9. The van der Waals surface area contributed by atoms with Crippen LogP contribution in [0.4, 0.5) is 14.5 Å². The first-order valence-electron chi connectivity index (χ1n) is 7.75. The number of aryl methyl sites for hydroxylation is 1. The monoisotopic (exact) mass is 359 g/mol. The van der Waals surface area contributed by atoms with Crippen LogP contribution in [0, 0.1) is 6.92 Å². The summed E-state index contributed by atoms with van der Waals surface area (Å²) in [5.74, 6) is -0.0249. The molecular weight excluding hydrogens is 344 g/mol. The minimum Gasteiger partial charge on any atom is -0.435 e. The molecule has 0 unspecified atom stereocenters. The molecule has 0 aliphatic heterocycles. The van der Waals surface area contributed by atoms with Crippen molar-refractivity contribution >= 4 is 22.5 Å². The van der Waals surface area contributed by atoms with Gasteiger partial charge in [-0.15, -0.1) is 0 Å². The van der Waals surface area contributed by atoms with E-state index in [4.69, 9.17) is 0 Å². The number of para-hydroxylation sites is 1. The molecule has 1 aromatic heterocycles. The second kappa shape index (κ2) is 7.30. The van der Waals surface area contributed by atoms with Crippen LogP contribution in [-0.4, -0.2) is 22.1 Å². The summed E-state index contributed by atoms with van der Waals surface area (Å²) in [6, 6.07) is 12.4. The zero-order valence-electron chi connectivity index (χ0n) is 13.8. The van der Waals surface area contributed by atoms with Crippen LogP contribution in [0.1, 0.15) is 5.82 Å². The van der Waals surface area contributed by atoms with E-state index in [1.807, 2.05) is 0 Å². The Kier molecular flexibility index (Phi) is 4.92. The fourth-order valence-electron chi connectivity index (χ4n) is 2.53. The summed E-state index contributed by atoms with van der Waals surface area (Å²) in [7, 11) is 0. The molecule has 0 aliphatic rings. The van der Waals surface area contributed by atoms with Gasteiger partial charge in [0.1, 0.15) is 18.1 Å². The third-order valence-electron chi connectivity index (χ3n) is 3.72. The molecule has 6 nitrogen and oxygen atoms in total. The number of hydrogen-bond donors (Lipinski definition) is 1. The number of hydrogen-bond acceptors (Lipinski definition) is 4. The van der Waals surface area contributed by atoms with E-state index in [0.29, 0.717) is 22.4 Å². The lowest BCUT2D eigenvalue weighted by atomic mass is 10.2. The molecule has 3 rings (SSSR count).